The molecule has 0 spiro atoms. The summed E-state index contributed by atoms with van der Waals surface area (Å²) in [5, 5.41) is 0.561. The summed E-state index contributed by atoms with van der Waals surface area (Å²) in [6.45, 7) is 5.02. The highest BCUT2D eigenvalue weighted by Gasteiger charge is 2.25. The average molecular weight is 588 g/mol. The number of carbonyl (C=O) groups is 1. The molecule has 0 unspecified atom stereocenters. The molecule has 10 heteroatoms. The molecule has 0 N–H and O–H groups in total. The maximum Gasteiger partial charge on any atom is 0.260 e. The maximum absolute atomic E-state index is 13.7. The zero-order valence-corrected chi connectivity index (χ0v) is 23.3. The highest BCUT2D eigenvalue weighted by molar-refractivity contribution is 9.10. The lowest BCUT2D eigenvalue weighted by atomic mass is 10.2. The van der Waals surface area contributed by atoms with E-state index in [0.29, 0.717) is 23.8 Å². The topological polar surface area (TPSA) is 83.5 Å². The highest BCUT2D eigenvalue weighted by atomic mass is 79.9. The number of sulfonamides is 1. The summed E-state index contributed by atoms with van der Waals surface area (Å²) in [4.78, 5) is 24.3. The molecule has 0 bridgehead atoms. The molecule has 2 aromatic heterocycles. The highest BCUT2D eigenvalue weighted by Crippen LogP contribution is 2.32. The second-order valence-corrected chi connectivity index (χ2v) is 12.1. The minimum absolute atomic E-state index is 0.181. The number of hydrogen-bond donors (Lipinski definition) is 0. The first-order chi connectivity index (χ1) is 17.3. The monoisotopic (exact) mass is 586 g/mol. The van der Waals surface area contributed by atoms with Crippen LogP contribution in [0.15, 0.2) is 76.4 Å². The first kappa shape index (κ1) is 26.4. The fourth-order valence-corrected chi connectivity index (χ4v) is 6.76. The number of amides is 1. The number of hydrogen-bond acceptors (Lipinski definition) is 6. The molecule has 4 rings (SSSR count). The Kier molecular flexibility index (Phi) is 8.50. The van der Waals surface area contributed by atoms with Crippen molar-refractivity contribution in [3.63, 3.8) is 0 Å². The van der Waals surface area contributed by atoms with Gasteiger partial charge in [-0.1, -0.05) is 53.6 Å². The standard InChI is InChI=1S/C26H27BrN4O3S2/c1-3-5-15-30(4-2)36(33,34)22-11-8-20(9-12-22)25(32)31(18-19-7-6-14-28-17-19)26-29-23-13-10-21(27)16-24(23)35-26/h6-14,16-17H,3-5,15,18H2,1-2H3. The Hall–Kier alpha value is -2.66. The number of unbranched alkanes of at least 4 members (excludes halogenated alkanes) is 1. The van der Waals surface area contributed by atoms with Gasteiger partial charge in [-0.15, -0.1) is 0 Å². The number of aromatic nitrogens is 2. The molecule has 0 saturated heterocycles. The fourth-order valence-electron chi connectivity index (χ4n) is 3.76. The van der Waals surface area contributed by atoms with Crippen molar-refractivity contribution in [3.8, 4) is 0 Å². The van der Waals surface area contributed by atoms with E-state index in [2.05, 4.69) is 20.9 Å². The van der Waals surface area contributed by atoms with Gasteiger partial charge in [0.05, 0.1) is 21.7 Å². The maximum atomic E-state index is 13.7. The Morgan fingerprint density at radius 3 is 2.53 bits per heavy atom. The van der Waals surface area contributed by atoms with E-state index in [1.54, 1.807) is 29.4 Å². The van der Waals surface area contributed by atoms with Crippen LogP contribution >= 0.6 is 27.3 Å². The van der Waals surface area contributed by atoms with E-state index >= 15 is 0 Å². The summed E-state index contributed by atoms with van der Waals surface area (Å²) in [6.07, 6.45) is 5.11. The second kappa shape index (κ2) is 11.6. The van der Waals surface area contributed by atoms with E-state index in [-0.39, 0.29) is 17.3 Å². The third-order valence-corrected chi connectivity index (χ3v) is 9.25. The molecule has 1 amide bonds. The number of halogens is 1. The van der Waals surface area contributed by atoms with Crippen LogP contribution in [-0.2, 0) is 16.6 Å². The quantitative estimate of drug-likeness (QED) is 0.224. The second-order valence-electron chi connectivity index (χ2n) is 8.24. The van der Waals surface area contributed by atoms with Gasteiger partial charge < -0.3 is 0 Å². The van der Waals surface area contributed by atoms with Gasteiger partial charge in [0.15, 0.2) is 5.13 Å². The lowest BCUT2D eigenvalue weighted by molar-refractivity contribution is 0.0985. The van der Waals surface area contributed by atoms with E-state index in [4.69, 9.17) is 4.98 Å². The van der Waals surface area contributed by atoms with Gasteiger partial charge in [0.2, 0.25) is 10.0 Å². The van der Waals surface area contributed by atoms with Crippen molar-refractivity contribution >= 4 is 58.5 Å². The van der Waals surface area contributed by atoms with Crippen molar-refractivity contribution in [1.82, 2.24) is 14.3 Å². The normalized spacial score (nSPS) is 11.8. The molecule has 2 heterocycles. The van der Waals surface area contributed by atoms with Gasteiger partial charge in [0.25, 0.3) is 5.91 Å². The number of fused-ring (bicyclic) bond motifs is 1. The van der Waals surface area contributed by atoms with Crippen molar-refractivity contribution in [2.24, 2.45) is 0 Å². The first-order valence-electron chi connectivity index (χ1n) is 11.7. The zero-order valence-electron chi connectivity index (χ0n) is 20.1. The molecule has 0 fully saturated rings. The largest absolute Gasteiger partial charge is 0.279 e. The molecular weight excluding hydrogens is 560 g/mol. The zero-order chi connectivity index (χ0) is 25.7. The number of rotatable bonds is 10. The average Bonchev–Trinajstić information content (AvgIpc) is 3.31. The minimum Gasteiger partial charge on any atom is -0.279 e. The van der Waals surface area contributed by atoms with Gasteiger partial charge in [0, 0.05) is 35.5 Å². The number of benzene rings is 2. The van der Waals surface area contributed by atoms with Gasteiger partial charge in [-0.05, 0) is 60.5 Å². The molecule has 0 radical (unpaired) electrons. The van der Waals surface area contributed by atoms with Crippen LogP contribution in [0, 0.1) is 0 Å². The number of carbonyl (C=O) groups excluding carboxylic acids is 1. The molecule has 188 valence electrons. The number of anilines is 1. The van der Waals surface area contributed by atoms with E-state index in [0.717, 1.165) is 33.1 Å². The predicted octanol–water partition coefficient (Wildman–Crippen LogP) is 6.11. The van der Waals surface area contributed by atoms with E-state index in [1.165, 1.54) is 27.8 Å². The first-order valence-corrected chi connectivity index (χ1v) is 14.8. The summed E-state index contributed by atoms with van der Waals surface area (Å²) in [6, 6.07) is 15.7. The lowest BCUT2D eigenvalue weighted by Crippen LogP contribution is -2.32. The Labute approximate surface area is 224 Å². The molecule has 4 aromatic rings. The van der Waals surface area contributed by atoms with E-state index in [9.17, 15) is 13.2 Å². The van der Waals surface area contributed by atoms with E-state index in [1.807, 2.05) is 44.2 Å². The molecule has 0 aliphatic carbocycles. The Balaban J connectivity index is 1.66. The fraction of sp³-hybridized carbons (Fsp3) is 0.269. The molecule has 0 atom stereocenters. The van der Waals surface area contributed by atoms with Gasteiger partial charge in [0.1, 0.15) is 0 Å². The van der Waals surface area contributed by atoms with Crippen LogP contribution in [0.25, 0.3) is 10.2 Å². The molecule has 0 saturated carbocycles. The van der Waals surface area contributed by atoms with Gasteiger partial charge in [-0.2, -0.15) is 4.31 Å². The summed E-state index contributed by atoms with van der Waals surface area (Å²) >= 11 is 4.91. The number of nitrogens with zero attached hydrogens (tertiary/aromatic N) is 4. The Morgan fingerprint density at radius 1 is 1.08 bits per heavy atom. The van der Waals surface area contributed by atoms with Crippen LogP contribution in [0.5, 0.6) is 0 Å². The molecule has 7 nitrogen and oxygen atoms in total. The van der Waals surface area contributed by atoms with Gasteiger partial charge >= 0.3 is 0 Å². The SMILES string of the molecule is CCCCN(CC)S(=O)(=O)c1ccc(C(=O)N(Cc2cccnc2)c2nc3ccc(Br)cc3s2)cc1. The van der Waals surface area contributed by atoms with Crippen LogP contribution in [0.3, 0.4) is 0 Å². The smallest absolute Gasteiger partial charge is 0.260 e. The summed E-state index contributed by atoms with van der Waals surface area (Å²) in [5.74, 6) is -0.265. The Bertz CT molecular complexity index is 1440. The molecular formula is C26H27BrN4O3S2. The van der Waals surface area contributed by atoms with Crippen LogP contribution in [0.4, 0.5) is 5.13 Å². The van der Waals surface area contributed by atoms with Crippen molar-refractivity contribution in [2.75, 3.05) is 18.0 Å². The third-order valence-electron chi connectivity index (χ3n) is 5.73. The lowest BCUT2D eigenvalue weighted by Gasteiger charge is -2.21. The summed E-state index contributed by atoms with van der Waals surface area (Å²) < 4.78 is 29.5. The van der Waals surface area contributed by atoms with Crippen LogP contribution in [0.2, 0.25) is 0 Å². The van der Waals surface area contributed by atoms with Crippen molar-refractivity contribution < 1.29 is 13.2 Å². The Morgan fingerprint density at radius 2 is 1.86 bits per heavy atom. The summed E-state index contributed by atoms with van der Waals surface area (Å²) in [7, 11) is -3.62. The van der Waals surface area contributed by atoms with Gasteiger partial charge in [-0.3, -0.25) is 14.7 Å². The third kappa shape index (κ3) is 5.83. The van der Waals surface area contributed by atoms with Crippen LogP contribution in [0.1, 0.15) is 42.6 Å². The summed E-state index contributed by atoms with van der Waals surface area (Å²) in [5.41, 5.74) is 2.05. The van der Waals surface area contributed by atoms with Crippen molar-refractivity contribution in [2.45, 2.75) is 38.1 Å². The molecule has 36 heavy (non-hydrogen) atoms. The van der Waals surface area contributed by atoms with Crippen LogP contribution < -0.4 is 4.90 Å². The van der Waals surface area contributed by atoms with Crippen LogP contribution in [-0.4, -0.2) is 41.7 Å². The molecule has 0 aliphatic heterocycles. The molecule has 2 aromatic carbocycles. The van der Waals surface area contributed by atoms with E-state index < -0.39 is 10.0 Å². The van der Waals surface area contributed by atoms with Crippen molar-refractivity contribution in [1.29, 1.82) is 0 Å². The molecule has 0 aliphatic rings. The minimum atomic E-state index is -3.62. The number of pyridine rings is 1. The van der Waals surface area contributed by atoms with Gasteiger partial charge in [-0.25, -0.2) is 13.4 Å². The van der Waals surface area contributed by atoms with Crippen molar-refractivity contribution in [3.05, 3.63) is 82.6 Å². The number of thiazole rings is 1. The predicted molar refractivity (Wildman–Crippen MR) is 148 cm³/mol.